The van der Waals surface area contributed by atoms with E-state index in [4.69, 9.17) is 17.4 Å². The first-order chi connectivity index (χ1) is 9.60. The highest BCUT2D eigenvalue weighted by atomic mass is 35.5. The third-order valence-electron chi connectivity index (χ3n) is 2.60. The lowest BCUT2D eigenvalue weighted by Crippen LogP contribution is -2.23. The zero-order chi connectivity index (χ0) is 14.5. The van der Waals surface area contributed by atoms with Gasteiger partial charge in [0.25, 0.3) is 5.91 Å². The predicted molar refractivity (Wildman–Crippen MR) is 74.6 cm³/mol. The van der Waals surface area contributed by atoms with Crippen LogP contribution in [0, 0.1) is 5.82 Å². The van der Waals surface area contributed by atoms with Crippen molar-refractivity contribution in [3.8, 4) is 0 Å². The number of hydrogen-bond donors (Lipinski definition) is 3. The number of hydrogen-bond acceptors (Lipinski definition) is 4. The van der Waals surface area contributed by atoms with Crippen LogP contribution in [0.15, 0.2) is 36.5 Å². The Morgan fingerprint density at radius 1 is 1.35 bits per heavy atom. The molecule has 20 heavy (non-hydrogen) atoms. The number of hydrazine groups is 1. The van der Waals surface area contributed by atoms with E-state index in [1.54, 1.807) is 18.2 Å². The van der Waals surface area contributed by atoms with Crippen LogP contribution >= 0.6 is 11.6 Å². The molecule has 1 aromatic carbocycles. The summed E-state index contributed by atoms with van der Waals surface area (Å²) < 4.78 is 13.0. The Morgan fingerprint density at radius 2 is 2.15 bits per heavy atom. The minimum atomic E-state index is -0.492. The van der Waals surface area contributed by atoms with E-state index >= 15 is 0 Å². The molecule has 0 saturated carbocycles. The molecule has 1 heterocycles. The van der Waals surface area contributed by atoms with E-state index in [1.165, 1.54) is 18.3 Å². The summed E-state index contributed by atoms with van der Waals surface area (Å²) in [4.78, 5) is 15.8. The van der Waals surface area contributed by atoms with Gasteiger partial charge in [-0.3, -0.25) is 10.6 Å². The molecule has 0 fully saturated rings. The number of carbonyl (C=O) groups excluding carboxylic acids is 1. The molecule has 0 radical (unpaired) electrons. The fraction of sp³-hybridized carbons (Fsp3) is 0.0769. The lowest BCUT2D eigenvalue weighted by molar-refractivity contribution is 0.0946. The van der Waals surface area contributed by atoms with E-state index in [0.717, 1.165) is 0 Å². The first kappa shape index (κ1) is 14.2. The predicted octanol–water partition coefficient (Wildman–Crippen LogP) is 2.09. The molecule has 0 spiro atoms. The van der Waals surface area contributed by atoms with E-state index in [9.17, 15) is 9.18 Å². The second-order valence-corrected chi connectivity index (χ2v) is 4.41. The second-order valence-electron chi connectivity index (χ2n) is 4.01. The van der Waals surface area contributed by atoms with Crippen LogP contribution in [0.25, 0.3) is 0 Å². The number of amides is 1. The van der Waals surface area contributed by atoms with Crippen LogP contribution in [-0.4, -0.2) is 10.9 Å². The number of nitrogens with one attached hydrogen (secondary N) is 2. The number of nitrogens with two attached hydrogens (primary N) is 1. The molecule has 2 rings (SSSR count). The van der Waals surface area contributed by atoms with Crippen LogP contribution in [-0.2, 0) is 6.54 Å². The lowest BCUT2D eigenvalue weighted by atomic mass is 10.2. The minimum Gasteiger partial charge on any atom is -0.347 e. The molecule has 0 aliphatic rings. The Morgan fingerprint density at radius 3 is 2.75 bits per heavy atom. The minimum absolute atomic E-state index is 0.0215. The van der Waals surface area contributed by atoms with Crippen molar-refractivity contribution < 1.29 is 9.18 Å². The molecule has 0 aliphatic carbocycles. The molecule has 0 atom stereocenters. The Bertz CT molecular complexity index is 618. The zero-order valence-electron chi connectivity index (χ0n) is 10.4. The highest BCUT2D eigenvalue weighted by Crippen LogP contribution is 2.15. The fourth-order valence-corrected chi connectivity index (χ4v) is 1.74. The number of halogens is 2. The van der Waals surface area contributed by atoms with Gasteiger partial charge in [-0.15, -0.1) is 0 Å². The van der Waals surface area contributed by atoms with Gasteiger partial charge in [0.1, 0.15) is 11.5 Å². The summed E-state index contributed by atoms with van der Waals surface area (Å²) >= 11 is 5.66. The molecular weight excluding hydrogens is 283 g/mol. The molecule has 7 heteroatoms. The normalized spacial score (nSPS) is 10.2. The zero-order valence-corrected chi connectivity index (χ0v) is 11.1. The number of rotatable bonds is 4. The average Bonchev–Trinajstić information content (AvgIpc) is 2.48. The van der Waals surface area contributed by atoms with Gasteiger partial charge >= 0.3 is 0 Å². The third kappa shape index (κ3) is 3.43. The van der Waals surface area contributed by atoms with Crippen molar-refractivity contribution in [3.63, 3.8) is 0 Å². The molecule has 2 aromatic rings. The van der Waals surface area contributed by atoms with Crippen molar-refractivity contribution in [1.29, 1.82) is 0 Å². The van der Waals surface area contributed by atoms with Gasteiger partial charge in [0.2, 0.25) is 0 Å². The summed E-state index contributed by atoms with van der Waals surface area (Å²) in [7, 11) is 0. The summed E-state index contributed by atoms with van der Waals surface area (Å²) in [6.07, 6.45) is 1.45. The number of carbonyl (C=O) groups is 1. The molecule has 104 valence electrons. The van der Waals surface area contributed by atoms with Crippen molar-refractivity contribution in [2.24, 2.45) is 5.84 Å². The molecule has 1 amide bonds. The number of nitrogen functional groups attached to an aromatic ring is 1. The molecule has 0 aliphatic heterocycles. The topological polar surface area (TPSA) is 80.0 Å². The molecule has 0 bridgehead atoms. The van der Waals surface area contributed by atoms with Crippen LogP contribution in [0.3, 0.4) is 0 Å². The smallest absolute Gasteiger partial charge is 0.270 e. The van der Waals surface area contributed by atoms with Crippen molar-refractivity contribution in [2.45, 2.75) is 6.54 Å². The van der Waals surface area contributed by atoms with Crippen molar-refractivity contribution in [1.82, 2.24) is 10.3 Å². The van der Waals surface area contributed by atoms with E-state index < -0.39 is 5.82 Å². The number of aromatic nitrogens is 1. The van der Waals surface area contributed by atoms with Crippen molar-refractivity contribution >= 4 is 23.2 Å². The summed E-state index contributed by atoms with van der Waals surface area (Å²) in [5.41, 5.74) is 3.98. The SMILES string of the molecule is NNc1ccc(C(=O)NCc2ccc(F)c(Cl)c2)nc1. The molecule has 0 unspecified atom stereocenters. The van der Waals surface area contributed by atoms with Crippen LogP contribution in [0.2, 0.25) is 5.02 Å². The second kappa shape index (κ2) is 6.31. The number of anilines is 1. The van der Waals surface area contributed by atoms with Gasteiger partial charge in [-0.05, 0) is 29.8 Å². The van der Waals surface area contributed by atoms with Crippen molar-refractivity contribution in [3.05, 3.63) is 58.6 Å². The average molecular weight is 295 g/mol. The number of pyridine rings is 1. The van der Waals surface area contributed by atoms with Crippen LogP contribution in [0.5, 0.6) is 0 Å². The van der Waals surface area contributed by atoms with Crippen LogP contribution in [0.4, 0.5) is 10.1 Å². The van der Waals surface area contributed by atoms with Gasteiger partial charge in [-0.1, -0.05) is 17.7 Å². The van der Waals surface area contributed by atoms with E-state index in [0.29, 0.717) is 11.3 Å². The lowest BCUT2D eigenvalue weighted by Gasteiger charge is -2.06. The molecule has 0 saturated heterocycles. The summed E-state index contributed by atoms with van der Waals surface area (Å²) in [6.45, 7) is 0.234. The van der Waals surface area contributed by atoms with Gasteiger partial charge in [0.15, 0.2) is 0 Å². The highest BCUT2D eigenvalue weighted by molar-refractivity contribution is 6.30. The number of nitrogens with zero attached hydrogens (tertiary/aromatic N) is 1. The van der Waals surface area contributed by atoms with Crippen molar-refractivity contribution in [2.75, 3.05) is 5.43 Å². The van der Waals surface area contributed by atoms with Gasteiger partial charge in [-0.2, -0.15) is 0 Å². The van der Waals surface area contributed by atoms with Gasteiger partial charge in [-0.25, -0.2) is 9.37 Å². The van der Waals surface area contributed by atoms with Gasteiger partial charge in [0, 0.05) is 6.54 Å². The quantitative estimate of drug-likeness (QED) is 0.596. The Labute approximate surface area is 119 Å². The number of benzene rings is 1. The Kier molecular flexibility index (Phi) is 4.49. The monoisotopic (exact) mass is 294 g/mol. The first-order valence-electron chi connectivity index (χ1n) is 5.75. The summed E-state index contributed by atoms with van der Waals surface area (Å²) in [6, 6.07) is 7.45. The highest BCUT2D eigenvalue weighted by Gasteiger charge is 2.07. The fourth-order valence-electron chi connectivity index (χ4n) is 1.54. The summed E-state index contributed by atoms with van der Waals surface area (Å²) in [5, 5.41) is 2.69. The maximum atomic E-state index is 13.0. The Hall–Kier alpha value is -2.18. The molecule has 1 aromatic heterocycles. The molecule has 4 N–H and O–H groups in total. The maximum Gasteiger partial charge on any atom is 0.270 e. The van der Waals surface area contributed by atoms with Gasteiger partial charge in [0.05, 0.1) is 16.9 Å². The van der Waals surface area contributed by atoms with E-state index in [2.05, 4.69) is 15.7 Å². The molecular formula is C13H12ClFN4O. The van der Waals surface area contributed by atoms with Crippen LogP contribution < -0.4 is 16.6 Å². The van der Waals surface area contributed by atoms with E-state index in [-0.39, 0.29) is 23.2 Å². The van der Waals surface area contributed by atoms with Crippen LogP contribution in [0.1, 0.15) is 16.1 Å². The maximum absolute atomic E-state index is 13.0. The van der Waals surface area contributed by atoms with E-state index in [1.807, 2.05) is 0 Å². The molecule has 5 nitrogen and oxygen atoms in total. The standard InChI is InChI=1S/C13H12ClFN4O/c14-10-5-8(1-3-11(10)15)6-18-13(20)12-4-2-9(19-16)7-17-12/h1-5,7,19H,6,16H2,(H,18,20). The summed E-state index contributed by atoms with van der Waals surface area (Å²) in [5.74, 6) is 4.37. The largest absolute Gasteiger partial charge is 0.347 e. The third-order valence-corrected chi connectivity index (χ3v) is 2.89. The first-order valence-corrected chi connectivity index (χ1v) is 6.13. The Balaban J connectivity index is 1.98. The van der Waals surface area contributed by atoms with Gasteiger partial charge < -0.3 is 10.7 Å².